The van der Waals surface area contributed by atoms with Crippen molar-refractivity contribution in [3.8, 4) is 0 Å². The molecule has 0 saturated heterocycles. The number of rotatable bonds is 5. The van der Waals surface area contributed by atoms with E-state index in [9.17, 15) is 5.11 Å². The molecule has 0 aliphatic heterocycles. The van der Waals surface area contributed by atoms with Gasteiger partial charge in [-0.2, -0.15) is 0 Å². The zero-order valence-corrected chi connectivity index (χ0v) is 12.8. The van der Waals surface area contributed by atoms with E-state index in [0.717, 1.165) is 0 Å². The molecule has 92 valence electrons. The summed E-state index contributed by atoms with van der Waals surface area (Å²) in [6, 6.07) is 0. The van der Waals surface area contributed by atoms with Crippen LogP contribution in [0.2, 0.25) is 18.1 Å². The molecule has 0 radical (unpaired) electrons. The van der Waals surface area contributed by atoms with Gasteiger partial charge in [-0.1, -0.05) is 36.7 Å². The molecule has 0 aromatic carbocycles. The summed E-state index contributed by atoms with van der Waals surface area (Å²) in [5, 5.41) is 18.6. The molecule has 0 aliphatic rings. The number of hydrogen-bond acceptors (Lipinski definition) is 3. The van der Waals surface area contributed by atoms with Crippen molar-refractivity contribution in [2.45, 2.75) is 49.8 Å². The highest BCUT2D eigenvalue weighted by molar-refractivity contribution is 9.09. The van der Waals surface area contributed by atoms with Gasteiger partial charge in [0.2, 0.25) is 0 Å². The summed E-state index contributed by atoms with van der Waals surface area (Å²) in [6.45, 7) is 11.0. The molecule has 15 heavy (non-hydrogen) atoms. The second kappa shape index (κ2) is 5.77. The standard InChI is InChI=1S/C10H23BrO3Si/c1-10(2,3)15(4,5)14-7-9(13)8(11)6-12/h8-9,12-13H,6-7H2,1-5H3/t8-,9-/m0/s1. The molecule has 0 unspecified atom stereocenters. The fourth-order valence-electron chi connectivity index (χ4n) is 0.736. The summed E-state index contributed by atoms with van der Waals surface area (Å²) in [5.74, 6) is 0. The lowest BCUT2D eigenvalue weighted by molar-refractivity contribution is 0.0836. The zero-order valence-electron chi connectivity index (χ0n) is 10.2. The van der Waals surface area contributed by atoms with Crippen molar-refractivity contribution in [1.29, 1.82) is 0 Å². The Balaban J connectivity index is 4.16. The molecule has 0 heterocycles. The van der Waals surface area contributed by atoms with Crippen molar-refractivity contribution in [3.63, 3.8) is 0 Å². The van der Waals surface area contributed by atoms with Gasteiger partial charge in [0.25, 0.3) is 0 Å². The quantitative estimate of drug-likeness (QED) is 0.604. The van der Waals surface area contributed by atoms with Crippen molar-refractivity contribution in [2.24, 2.45) is 0 Å². The summed E-state index contributed by atoms with van der Waals surface area (Å²) >= 11 is 3.20. The Morgan fingerprint density at radius 1 is 1.33 bits per heavy atom. The lowest BCUT2D eigenvalue weighted by Gasteiger charge is -2.37. The third-order valence-electron chi connectivity index (χ3n) is 3.01. The second-order valence-corrected chi connectivity index (χ2v) is 11.3. The minimum Gasteiger partial charge on any atom is -0.414 e. The first-order valence-corrected chi connectivity index (χ1v) is 9.01. The van der Waals surface area contributed by atoms with E-state index >= 15 is 0 Å². The number of aliphatic hydroxyl groups excluding tert-OH is 2. The van der Waals surface area contributed by atoms with Crippen LogP contribution < -0.4 is 0 Å². The van der Waals surface area contributed by atoms with Crippen LogP contribution in [0.4, 0.5) is 0 Å². The third kappa shape index (κ3) is 4.95. The molecule has 0 bridgehead atoms. The highest BCUT2D eigenvalue weighted by atomic mass is 79.9. The van der Waals surface area contributed by atoms with Crippen LogP contribution in [0.1, 0.15) is 20.8 Å². The van der Waals surface area contributed by atoms with Crippen LogP contribution in [0, 0.1) is 0 Å². The normalized spacial score (nSPS) is 17.6. The minimum atomic E-state index is -1.79. The van der Waals surface area contributed by atoms with E-state index in [2.05, 4.69) is 49.8 Å². The van der Waals surface area contributed by atoms with Crippen LogP contribution >= 0.6 is 15.9 Å². The topological polar surface area (TPSA) is 49.7 Å². The van der Waals surface area contributed by atoms with Gasteiger partial charge in [0.1, 0.15) is 0 Å². The van der Waals surface area contributed by atoms with Gasteiger partial charge in [-0.25, -0.2) is 0 Å². The van der Waals surface area contributed by atoms with Crippen molar-refractivity contribution in [1.82, 2.24) is 0 Å². The summed E-state index contributed by atoms with van der Waals surface area (Å²) in [6.07, 6.45) is -0.649. The smallest absolute Gasteiger partial charge is 0.192 e. The molecule has 0 aliphatic carbocycles. The third-order valence-corrected chi connectivity index (χ3v) is 8.41. The van der Waals surface area contributed by atoms with Crippen LogP contribution in [-0.2, 0) is 4.43 Å². The highest BCUT2D eigenvalue weighted by Crippen LogP contribution is 2.36. The highest BCUT2D eigenvalue weighted by Gasteiger charge is 2.37. The monoisotopic (exact) mass is 298 g/mol. The molecule has 2 atom stereocenters. The van der Waals surface area contributed by atoms with Crippen LogP contribution in [0.25, 0.3) is 0 Å². The molecular formula is C10H23BrO3Si. The van der Waals surface area contributed by atoms with Gasteiger partial charge in [-0.3, -0.25) is 0 Å². The Labute approximate surface area is 102 Å². The minimum absolute atomic E-state index is 0.0813. The van der Waals surface area contributed by atoms with Gasteiger partial charge >= 0.3 is 0 Å². The molecule has 0 aromatic rings. The molecular weight excluding hydrogens is 276 g/mol. The molecule has 0 amide bonds. The Morgan fingerprint density at radius 3 is 2.13 bits per heavy atom. The van der Waals surface area contributed by atoms with Crippen molar-refractivity contribution in [2.75, 3.05) is 13.2 Å². The Kier molecular flexibility index (Phi) is 5.99. The summed E-state index contributed by atoms with van der Waals surface area (Å²) in [5.41, 5.74) is 0. The number of alkyl halides is 1. The zero-order chi connectivity index (χ0) is 12.3. The lowest BCUT2D eigenvalue weighted by Crippen LogP contribution is -2.44. The van der Waals surface area contributed by atoms with E-state index in [1.54, 1.807) is 0 Å². The van der Waals surface area contributed by atoms with E-state index in [1.807, 2.05) is 0 Å². The van der Waals surface area contributed by atoms with Crippen LogP contribution in [0.15, 0.2) is 0 Å². The maximum Gasteiger partial charge on any atom is 0.192 e. The van der Waals surface area contributed by atoms with Crippen molar-refractivity contribution in [3.05, 3.63) is 0 Å². The molecule has 0 spiro atoms. The van der Waals surface area contributed by atoms with E-state index in [1.165, 1.54) is 0 Å². The van der Waals surface area contributed by atoms with E-state index in [-0.39, 0.29) is 23.1 Å². The summed E-state index contributed by atoms with van der Waals surface area (Å²) in [4.78, 5) is -0.303. The maximum absolute atomic E-state index is 9.64. The maximum atomic E-state index is 9.64. The first kappa shape index (κ1) is 15.6. The summed E-state index contributed by atoms with van der Waals surface area (Å²) < 4.78 is 5.83. The molecule has 0 saturated carbocycles. The molecule has 0 aromatic heterocycles. The predicted molar refractivity (Wildman–Crippen MR) is 69.0 cm³/mol. The number of aliphatic hydroxyl groups is 2. The Hall–Kier alpha value is 0.577. The van der Waals surface area contributed by atoms with Crippen LogP contribution in [0.5, 0.6) is 0 Å². The first-order chi connectivity index (χ1) is 6.62. The van der Waals surface area contributed by atoms with Gasteiger partial charge in [0, 0.05) is 0 Å². The van der Waals surface area contributed by atoms with Gasteiger partial charge in [-0.05, 0) is 18.1 Å². The van der Waals surface area contributed by atoms with E-state index in [0.29, 0.717) is 0 Å². The largest absolute Gasteiger partial charge is 0.414 e. The van der Waals surface area contributed by atoms with Gasteiger partial charge in [0.15, 0.2) is 8.32 Å². The lowest BCUT2D eigenvalue weighted by atomic mass is 10.2. The second-order valence-electron chi connectivity index (χ2n) is 5.34. The van der Waals surface area contributed by atoms with Gasteiger partial charge in [-0.15, -0.1) is 0 Å². The van der Waals surface area contributed by atoms with Crippen LogP contribution in [0.3, 0.4) is 0 Å². The molecule has 5 heteroatoms. The Bertz CT molecular complexity index is 192. The fourth-order valence-corrected chi connectivity index (χ4v) is 1.91. The average Bonchev–Trinajstić information content (AvgIpc) is 2.11. The predicted octanol–water partition coefficient (Wildman–Crippen LogP) is 2.12. The van der Waals surface area contributed by atoms with E-state index < -0.39 is 14.4 Å². The molecule has 0 rings (SSSR count). The average molecular weight is 299 g/mol. The molecule has 0 fully saturated rings. The van der Waals surface area contributed by atoms with Crippen LogP contribution in [-0.4, -0.2) is 42.7 Å². The Morgan fingerprint density at radius 2 is 1.80 bits per heavy atom. The first-order valence-electron chi connectivity index (χ1n) is 5.19. The van der Waals surface area contributed by atoms with Crippen molar-refractivity contribution >= 4 is 24.2 Å². The molecule has 2 N–H and O–H groups in total. The number of halogens is 1. The fraction of sp³-hybridized carbons (Fsp3) is 1.00. The van der Waals surface area contributed by atoms with Gasteiger partial charge < -0.3 is 14.6 Å². The van der Waals surface area contributed by atoms with Crippen molar-refractivity contribution < 1.29 is 14.6 Å². The van der Waals surface area contributed by atoms with Gasteiger partial charge in [0.05, 0.1) is 24.1 Å². The number of hydrogen-bond donors (Lipinski definition) is 2. The summed E-state index contributed by atoms with van der Waals surface area (Å²) in [7, 11) is -1.79. The molecule has 3 nitrogen and oxygen atoms in total. The SMILES string of the molecule is CC(C)(C)[Si](C)(C)OC[C@H](O)[C@@H](Br)CO. The van der Waals surface area contributed by atoms with E-state index in [4.69, 9.17) is 9.53 Å².